The molecule has 0 radical (unpaired) electrons. The largest absolute Gasteiger partial charge is 0.465 e. The van der Waals surface area contributed by atoms with Crippen LogP contribution in [0.15, 0.2) is 16.0 Å². The lowest BCUT2D eigenvalue weighted by Gasteiger charge is -2.09. The van der Waals surface area contributed by atoms with E-state index >= 15 is 0 Å². The smallest absolute Gasteiger partial charge is 0.323 e. The van der Waals surface area contributed by atoms with Gasteiger partial charge in [0.2, 0.25) is 0 Å². The first-order chi connectivity index (χ1) is 8.02. The molecule has 6 nitrogen and oxygen atoms in total. The third-order valence-electron chi connectivity index (χ3n) is 1.84. The van der Waals surface area contributed by atoms with E-state index in [-0.39, 0.29) is 5.56 Å². The molecule has 0 fully saturated rings. The Bertz CT molecular complexity index is 447. The van der Waals surface area contributed by atoms with Crippen molar-refractivity contribution in [1.82, 2.24) is 9.97 Å². The van der Waals surface area contributed by atoms with E-state index in [9.17, 15) is 9.59 Å². The Morgan fingerprint density at radius 3 is 3.00 bits per heavy atom. The monoisotopic (exact) mass is 257 g/mol. The molecule has 0 spiro atoms. The maximum Gasteiger partial charge on any atom is 0.323 e. The summed E-state index contributed by atoms with van der Waals surface area (Å²) in [5, 5.41) is 0.453. The van der Waals surface area contributed by atoms with Gasteiger partial charge in [-0.05, 0) is 13.8 Å². The minimum absolute atomic E-state index is 0.218. The number of hydrogen-bond donors (Lipinski definition) is 2. The van der Waals surface area contributed by atoms with E-state index in [1.807, 2.05) is 0 Å². The van der Waals surface area contributed by atoms with Crippen LogP contribution in [0.5, 0.6) is 0 Å². The molecule has 0 saturated heterocycles. The first-order valence-electron chi connectivity index (χ1n) is 5.16. The Morgan fingerprint density at radius 1 is 1.71 bits per heavy atom. The first kappa shape index (κ1) is 13.7. The van der Waals surface area contributed by atoms with Crippen LogP contribution in [-0.2, 0) is 9.53 Å². The number of carbonyl (C=O) groups is 1. The van der Waals surface area contributed by atoms with Gasteiger partial charge in [-0.25, -0.2) is 4.98 Å². The van der Waals surface area contributed by atoms with E-state index in [1.165, 1.54) is 17.8 Å². The summed E-state index contributed by atoms with van der Waals surface area (Å²) in [5.41, 5.74) is 6.02. The van der Waals surface area contributed by atoms with E-state index in [1.54, 1.807) is 13.8 Å². The number of nitrogens with zero attached hydrogens (tertiary/aromatic N) is 1. The van der Waals surface area contributed by atoms with Gasteiger partial charge in [0.05, 0.1) is 6.61 Å². The molecule has 3 N–H and O–H groups in total. The van der Waals surface area contributed by atoms with E-state index in [0.717, 1.165) is 0 Å². The second-order valence-electron chi connectivity index (χ2n) is 3.36. The maximum atomic E-state index is 11.2. The standard InChI is InChI=1S/C10H15N3O3S/c1-3-16-9(15)7(11)5-17-10-12-6(2)4-8(14)13-10/h4,7H,3,5,11H2,1-2H3,(H,12,13,14). The molecule has 0 aliphatic carbocycles. The number of aromatic amines is 1. The highest BCUT2D eigenvalue weighted by molar-refractivity contribution is 7.99. The normalized spacial score (nSPS) is 12.2. The van der Waals surface area contributed by atoms with Gasteiger partial charge in [0, 0.05) is 17.5 Å². The van der Waals surface area contributed by atoms with Crippen LogP contribution in [0.25, 0.3) is 0 Å². The average molecular weight is 257 g/mol. The zero-order valence-electron chi connectivity index (χ0n) is 9.73. The van der Waals surface area contributed by atoms with Crippen molar-refractivity contribution in [3.8, 4) is 0 Å². The van der Waals surface area contributed by atoms with Crippen LogP contribution in [0.4, 0.5) is 0 Å². The predicted octanol–water partition coefficient (Wildman–Crippen LogP) is 0.0608. The Balaban J connectivity index is 2.55. The minimum Gasteiger partial charge on any atom is -0.465 e. The molecular weight excluding hydrogens is 242 g/mol. The van der Waals surface area contributed by atoms with Gasteiger partial charge in [0.1, 0.15) is 6.04 Å². The number of aryl methyl sites for hydroxylation is 1. The van der Waals surface area contributed by atoms with Crippen LogP contribution in [0.1, 0.15) is 12.6 Å². The van der Waals surface area contributed by atoms with Crippen LogP contribution >= 0.6 is 11.8 Å². The van der Waals surface area contributed by atoms with Crippen molar-refractivity contribution in [1.29, 1.82) is 0 Å². The summed E-state index contributed by atoms with van der Waals surface area (Å²) in [5.74, 6) is -0.138. The first-order valence-corrected chi connectivity index (χ1v) is 6.14. The van der Waals surface area contributed by atoms with E-state index < -0.39 is 12.0 Å². The second-order valence-corrected chi connectivity index (χ2v) is 4.37. The molecule has 0 saturated carbocycles. The van der Waals surface area contributed by atoms with Gasteiger partial charge in [-0.3, -0.25) is 9.59 Å². The molecule has 1 rings (SSSR count). The maximum absolute atomic E-state index is 11.2. The van der Waals surface area contributed by atoms with Crippen LogP contribution in [0.2, 0.25) is 0 Å². The molecule has 1 unspecified atom stereocenters. The number of ether oxygens (including phenoxy) is 1. The lowest BCUT2D eigenvalue weighted by molar-refractivity contribution is -0.144. The molecule has 0 amide bonds. The molecule has 17 heavy (non-hydrogen) atoms. The highest BCUT2D eigenvalue weighted by Gasteiger charge is 2.15. The Labute approximate surface area is 103 Å². The average Bonchev–Trinajstić information content (AvgIpc) is 2.25. The Kier molecular flexibility index (Phi) is 5.17. The fraction of sp³-hybridized carbons (Fsp3) is 0.500. The van der Waals surface area contributed by atoms with Crippen molar-refractivity contribution in [2.24, 2.45) is 5.73 Å². The number of nitrogens with two attached hydrogens (primary N) is 1. The van der Waals surface area contributed by atoms with Gasteiger partial charge in [-0.15, -0.1) is 0 Å². The van der Waals surface area contributed by atoms with E-state index in [2.05, 4.69) is 9.97 Å². The highest BCUT2D eigenvalue weighted by Crippen LogP contribution is 2.12. The summed E-state index contributed by atoms with van der Waals surface area (Å²) >= 11 is 1.22. The van der Waals surface area contributed by atoms with Gasteiger partial charge in [-0.2, -0.15) is 0 Å². The number of carbonyl (C=O) groups excluding carboxylic acids is 1. The molecule has 1 atom stereocenters. The Morgan fingerprint density at radius 2 is 2.41 bits per heavy atom. The van der Waals surface area contributed by atoms with Crippen molar-refractivity contribution in [3.63, 3.8) is 0 Å². The number of nitrogens with one attached hydrogen (secondary N) is 1. The fourth-order valence-electron chi connectivity index (χ4n) is 1.11. The summed E-state index contributed by atoms with van der Waals surface area (Å²) in [4.78, 5) is 29.1. The number of thioether (sulfide) groups is 1. The van der Waals surface area contributed by atoms with Crippen molar-refractivity contribution in [2.45, 2.75) is 25.0 Å². The van der Waals surface area contributed by atoms with Crippen molar-refractivity contribution in [2.75, 3.05) is 12.4 Å². The number of aromatic nitrogens is 2. The highest BCUT2D eigenvalue weighted by atomic mass is 32.2. The van der Waals surface area contributed by atoms with Crippen molar-refractivity contribution >= 4 is 17.7 Å². The molecule has 0 aromatic carbocycles. The summed E-state index contributed by atoms with van der Waals surface area (Å²) in [6.07, 6.45) is 0. The number of H-pyrrole nitrogens is 1. The lowest BCUT2D eigenvalue weighted by Crippen LogP contribution is -2.34. The fourth-order valence-corrected chi connectivity index (χ4v) is 1.96. The molecule has 1 aromatic rings. The van der Waals surface area contributed by atoms with Crippen LogP contribution < -0.4 is 11.3 Å². The van der Waals surface area contributed by atoms with E-state index in [0.29, 0.717) is 23.2 Å². The van der Waals surface area contributed by atoms with Gasteiger partial charge in [0.15, 0.2) is 5.16 Å². The third kappa shape index (κ3) is 4.58. The topological polar surface area (TPSA) is 98.1 Å². The van der Waals surface area contributed by atoms with Crippen molar-refractivity contribution < 1.29 is 9.53 Å². The number of rotatable bonds is 5. The van der Waals surface area contributed by atoms with Gasteiger partial charge in [-0.1, -0.05) is 11.8 Å². The number of esters is 1. The molecule has 0 bridgehead atoms. The van der Waals surface area contributed by atoms with Crippen LogP contribution in [0.3, 0.4) is 0 Å². The summed E-state index contributed by atoms with van der Waals surface area (Å²) in [6.45, 7) is 3.75. The molecule has 1 heterocycles. The SMILES string of the molecule is CCOC(=O)C(N)CSc1nc(C)cc(=O)[nH]1. The molecular formula is C10H15N3O3S. The molecule has 0 aliphatic rings. The Hall–Kier alpha value is -1.34. The van der Waals surface area contributed by atoms with E-state index in [4.69, 9.17) is 10.5 Å². The predicted molar refractivity (Wildman–Crippen MR) is 64.9 cm³/mol. The van der Waals surface area contributed by atoms with Crippen LogP contribution in [-0.4, -0.2) is 34.3 Å². The number of hydrogen-bond acceptors (Lipinski definition) is 6. The molecule has 0 aliphatic heterocycles. The van der Waals surface area contributed by atoms with Gasteiger partial charge >= 0.3 is 5.97 Å². The zero-order chi connectivity index (χ0) is 12.8. The summed E-state index contributed by atoms with van der Waals surface area (Å²) in [6, 6.07) is 0.681. The molecule has 1 aromatic heterocycles. The second kappa shape index (κ2) is 6.41. The van der Waals surface area contributed by atoms with Gasteiger partial charge in [0.25, 0.3) is 5.56 Å². The van der Waals surface area contributed by atoms with Gasteiger partial charge < -0.3 is 15.5 Å². The summed E-state index contributed by atoms with van der Waals surface area (Å²) < 4.78 is 4.77. The molecule has 94 valence electrons. The van der Waals surface area contributed by atoms with Crippen molar-refractivity contribution in [3.05, 3.63) is 22.1 Å². The zero-order valence-corrected chi connectivity index (χ0v) is 10.5. The summed E-state index contributed by atoms with van der Waals surface area (Å²) in [7, 11) is 0. The third-order valence-corrected chi connectivity index (χ3v) is 2.83. The molecule has 7 heteroatoms. The minimum atomic E-state index is -0.717. The lowest BCUT2D eigenvalue weighted by atomic mass is 10.4. The quantitative estimate of drug-likeness (QED) is 0.440. The van der Waals surface area contributed by atoms with Crippen LogP contribution in [0, 0.1) is 6.92 Å².